The molecule has 1 aliphatic heterocycles. The van der Waals surface area contributed by atoms with Gasteiger partial charge in [-0.1, -0.05) is 18.2 Å². The summed E-state index contributed by atoms with van der Waals surface area (Å²) in [5.41, 5.74) is 7.36. The Hall–Kier alpha value is -1.46. The molecule has 2 unspecified atom stereocenters. The average Bonchev–Trinajstić information content (AvgIpc) is 2.77. The van der Waals surface area contributed by atoms with Crippen LogP contribution in [-0.4, -0.2) is 24.9 Å². The maximum atomic E-state index is 11.5. The van der Waals surface area contributed by atoms with Gasteiger partial charge in [0, 0.05) is 23.8 Å². The highest BCUT2D eigenvalue weighted by molar-refractivity contribution is 7.91. The molecule has 2 N–H and O–H groups in total. The Balaban J connectivity index is 1.84. The molecule has 2 atom stereocenters. The van der Waals surface area contributed by atoms with Crippen LogP contribution < -0.4 is 5.73 Å². The Morgan fingerprint density at radius 1 is 1.35 bits per heavy atom. The van der Waals surface area contributed by atoms with E-state index in [0.29, 0.717) is 12.2 Å². The highest BCUT2D eigenvalue weighted by Crippen LogP contribution is 2.30. The fourth-order valence-electron chi connectivity index (χ4n) is 3.00. The summed E-state index contributed by atoms with van der Waals surface area (Å²) < 4.78 is 23.0. The molecule has 1 aromatic carbocycles. The van der Waals surface area contributed by atoms with Crippen molar-refractivity contribution in [3.8, 4) is 0 Å². The van der Waals surface area contributed by atoms with Crippen LogP contribution in [0.25, 0.3) is 10.8 Å². The minimum atomic E-state index is -2.83. The smallest absolute Gasteiger partial charge is 0.150 e. The topological polar surface area (TPSA) is 73.1 Å². The number of rotatable bonds is 3. The zero-order valence-corrected chi connectivity index (χ0v) is 12.0. The first-order chi connectivity index (χ1) is 9.55. The van der Waals surface area contributed by atoms with E-state index in [0.717, 1.165) is 22.8 Å². The molecule has 3 rings (SSSR count). The van der Waals surface area contributed by atoms with Crippen molar-refractivity contribution in [2.75, 3.05) is 11.5 Å². The third kappa shape index (κ3) is 2.69. The van der Waals surface area contributed by atoms with Crippen molar-refractivity contribution in [3.05, 3.63) is 42.2 Å². The van der Waals surface area contributed by atoms with Gasteiger partial charge in [-0.25, -0.2) is 8.42 Å². The second kappa shape index (κ2) is 5.14. The molecule has 106 valence electrons. The Morgan fingerprint density at radius 2 is 2.20 bits per heavy atom. The highest BCUT2D eigenvalue weighted by atomic mass is 32.2. The monoisotopic (exact) mass is 290 g/mol. The fourth-order valence-corrected chi connectivity index (χ4v) is 4.88. The number of hydrogen-bond acceptors (Lipinski definition) is 4. The van der Waals surface area contributed by atoms with Crippen molar-refractivity contribution < 1.29 is 8.42 Å². The fraction of sp³-hybridized carbons (Fsp3) is 0.400. The first-order valence-corrected chi connectivity index (χ1v) is 8.66. The van der Waals surface area contributed by atoms with Gasteiger partial charge in [0.05, 0.1) is 11.5 Å². The number of pyridine rings is 1. The molecule has 2 heterocycles. The van der Waals surface area contributed by atoms with Crippen LogP contribution in [0, 0.1) is 5.92 Å². The normalized spacial score (nSPS) is 22.9. The van der Waals surface area contributed by atoms with Crippen LogP contribution in [0.1, 0.15) is 24.4 Å². The van der Waals surface area contributed by atoms with Crippen LogP contribution >= 0.6 is 0 Å². The summed E-state index contributed by atoms with van der Waals surface area (Å²) in [6, 6.07) is 7.86. The van der Waals surface area contributed by atoms with Gasteiger partial charge in [-0.05, 0) is 35.8 Å². The van der Waals surface area contributed by atoms with E-state index in [1.165, 1.54) is 0 Å². The van der Waals surface area contributed by atoms with Crippen molar-refractivity contribution in [2.45, 2.75) is 18.9 Å². The largest absolute Gasteiger partial charge is 0.324 e. The Labute approximate surface area is 118 Å². The molecule has 0 amide bonds. The summed E-state index contributed by atoms with van der Waals surface area (Å²) in [6.07, 6.45) is 5.05. The van der Waals surface area contributed by atoms with E-state index in [1.54, 1.807) is 6.20 Å². The van der Waals surface area contributed by atoms with Crippen LogP contribution in [0.15, 0.2) is 36.7 Å². The van der Waals surface area contributed by atoms with Gasteiger partial charge >= 0.3 is 0 Å². The molecule has 1 saturated heterocycles. The maximum Gasteiger partial charge on any atom is 0.150 e. The van der Waals surface area contributed by atoms with E-state index in [4.69, 9.17) is 5.73 Å². The molecule has 4 nitrogen and oxygen atoms in total. The number of benzene rings is 1. The van der Waals surface area contributed by atoms with Gasteiger partial charge in [-0.2, -0.15) is 0 Å². The first kappa shape index (κ1) is 13.5. The second-order valence-electron chi connectivity index (χ2n) is 5.56. The third-order valence-corrected chi connectivity index (χ3v) is 5.87. The number of sulfone groups is 1. The molecule has 1 aliphatic rings. The predicted molar refractivity (Wildman–Crippen MR) is 80.0 cm³/mol. The maximum absolute atomic E-state index is 11.5. The van der Waals surface area contributed by atoms with Gasteiger partial charge < -0.3 is 5.73 Å². The molecule has 1 fully saturated rings. The number of nitrogens with zero attached hydrogens (tertiary/aromatic N) is 1. The zero-order valence-electron chi connectivity index (χ0n) is 11.2. The second-order valence-corrected chi connectivity index (χ2v) is 7.78. The predicted octanol–water partition coefficient (Wildman–Crippen LogP) is 2.06. The molecule has 0 aliphatic carbocycles. The van der Waals surface area contributed by atoms with Crippen LogP contribution in [0.3, 0.4) is 0 Å². The molecule has 0 spiro atoms. The SMILES string of the molecule is NC(CC1CCS(=O)(=O)C1)c1cccc2ccncc12. The summed E-state index contributed by atoms with van der Waals surface area (Å²) in [5.74, 6) is 0.771. The third-order valence-electron chi connectivity index (χ3n) is 4.03. The zero-order chi connectivity index (χ0) is 14.2. The van der Waals surface area contributed by atoms with E-state index in [1.807, 2.05) is 30.5 Å². The van der Waals surface area contributed by atoms with Crippen molar-refractivity contribution in [2.24, 2.45) is 11.7 Å². The highest BCUT2D eigenvalue weighted by Gasteiger charge is 2.29. The summed E-state index contributed by atoms with van der Waals surface area (Å²) in [6.45, 7) is 0. The Morgan fingerprint density at radius 3 is 2.95 bits per heavy atom. The summed E-state index contributed by atoms with van der Waals surface area (Å²) in [5, 5.41) is 2.18. The summed E-state index contributed by atoms with van der Waals surface area (Å²) in [7, 11) is -2.83. The van der Waals surface area contributed by atoms with Crippen molar-refractivity contribution in [3.63, 3.8) is 0 Å². The van der Waals surface area contributed by atoms with Gasteiger partial charge in [0.1, 0.15) is 0 Å². The van der Waals surface area contributed by atoms with Crippen LogP contribution in [0.5, 0.6) is 0 Å². The first-order valence-electron chi connectivity index (χ1n) is 6.84. The standard InChI is InChI=1S/C15H18N2O2S/c16-15(8-11-5-7-20(18,19)10-11)13-3-1-2-12-4-6-17-9-14(12)13/h1-4,6,9,11,15H,5,7-8,10,16H2. The lowest BCUT2D eigenvalue weighted by Crippen LogP contribution is -2.16. The van der Waals surface area contributed by atoms with E-state index in [9.17, 15) is 8.42 Å². The molecule has 0 bridgehead atoms. The van der Waals surface area contributed by atoms with E-state index in [2.05, 4.69) is 4.98 Å². The lowest BCUT2D eigenvalue weighted by atomic mass is 9.92. The number of aromatic nitrogens is 1. The quantitative estimate of drug-likeness (QED) is 0.939. The summed E-state index contributed by atoms with van der Waals surface area (Å²) in [4.78, 5) is 4.16. The van der Waals surface area contributed by atoms with Crippen molar-refractivity contribution in [1.82, 2.24) is 4.98 Å². The van der Waals surface area contributed by atoms with Crippen LogP contribution in [0.2, 0.25) is 0 Å². The van der Waals surface area contributed by atoms with E-state index in [-0.39, 0.29) is 17.7 Å². The molecule has 2 aromatic rings. The van der Waals surface area contributed by atoms with E-state index >= 15 is 0 Å². The van der Waals surface area contributed by atoms with E-state index < -0.39 is 9.84 Å². The molecule has 5 heteroatoms. The van der Waals surface area contributed by atoms with Gasteiger partial charge in [-0.3, -0.25) is 4.98 Å². The lowest BCUT2D eigenvalue weighted by Gasteiger charge is -2.17. The molecule has 1 aromatic heterocycles. The molecule has 0 saturated carbocycles. The Bertz CT molecular complexity index is 722. The lowest BCUT2D eigenvalue weighted by molar-refractivity contribution is 0.483. The number of nitrogens with two attached hydrogens (primary N) is 1. The van der Waals surface area contributed by atoms with Crippen LogP contribution in [-0.2, 0) is 9.84 Å². The number of hydrogen-bond donors (Lipinski definition) is 1. The van der Waals surface area contributed by atoms with Crippen molar-refractivity contribution in [1.29, 1.82) is 0 Å². The minimum absolute atomic E-state index is 0.138. The minimum Gasteiger partial charge on any atom is -0.324 e. The Kier molecular flexibility index (Phi) is 3.48. The molecular weight excluding hydrogens is 272 g/mol. The molecule has 0 radical (unpaired) electrons. The van der Waals surface area contributed by atoms with Crippen molar-refractivity contribution >= 4 is 20.6 Å². The van der Waals surface area contributed by atoms with Gasteiger partial charge in [0.2, 0.25) is 0 Å². The molecule has 20 heavy (non-hydrogen) atoms. The van der Waals surface area contributed by atoms with Gasteiger partial charge in [-0.15, -0.1) is 0 Å². The molecular formula is C15H18N2O2S. The summed E-state index contributed by atoms with van der Waals surface area (Å²) >= 11 is 0. The van der Waals surface area contributed by atoms with Gasteiger partial charge in [0.15, 0.2) is 9.84 Å². The average molecular weight is 290 g/mol. The van der Waals surface area contributed by atoms with Gasteiger partial charge in [0.25, 0.3) is 0 Å². The van der Waals surface area contributed by atoms with Crippen LogP contribution in [0.4, 0.5) is 0 Å². The number of fused-ring (bicyclic) bond motifs is 1.